The van der Waals surface area contributed by atoms with Gasteiger partial charge in [0.1, 0.15) is 5.75 Å². The molecule has 1 amide bonds. The summed E-state index contributed by atoms with van der Waals surface area (Å²) in [6.07, 6.45) is 16.7. The molecule has 1 aromatic carbocycles. The fourth-order valence-corrected chi connectivity index (χ4v) is 8.09. The highest BCUT2D eigenvalue weighted by molar-refractivity contribution is 8.69. The molecule has 2 atom stereocenters. The van der Waals surface area contributed by atoms with Crippen molar-refractivity contribution in [1.82, 2.24) is 5.32 Å². The summed E-state index contributed by atoms with van der Waals surface area (Å²) in [5.41, 5.74) is 6.17. The van der Waals surface area contributed by atoms with Crippen molar-refractivity contribution in [3.8, 4) is 5.75 Å². The van der Waals surface area contributed by atoms with Crippen LogP contribution in [0.4, 0.5) is 0 Å². The first-order valence-electron chi connectivity index (χ1n) is 18.1. The summed E-state index contributed by atoms with van der Waals surface area (Å²) >= 11 is 4.57. The first-order chi connectivity index (χ1) is 21.4. The number of thiol groups is 1. The van der Waals surface area contributed by atoms with Crippen molar-refractivity contribution in [2.45, 2.75) is 175 Å². The minimum atomic E-state index is -0.237. The number of hydrogen-bond donors (Lipinski definition) is 2. The summed E-state index contributed by atoms with van der Waals surface area (Å²) < 4.78 is 11.8. The molecule has 0 bridgehead atoms. The number of ether oxygens (including phenoxy) is 2. The topological polar surface area (TPSA) is 47.6 Å². The van der Waals surface area contributed by atoms with Crippen LogP contribution < -0.4 is 10.1 Å². The van der Waals surface area contributed by atoms with E-state index in [1.54, 1.807) is 18.3 Å². The first kappa shape index (κ1) is 39.3. The van der Waals surface area contributed by atoms with Crippen LogP contribution in [0, 0.1) is 10.8 Å². The van der Waals surface area contributed by atoms with E-state index in [1.165, 1.54) is 87.8 Å². The van der Waals surface area contributed by atoms with Crippen molar-refractivity contribution in [3.63, 3.8) is 0 Å². The lowest BCUT2D eigenvalue weighted by atomic mass is 9.68. The lowest BCUT2D eigenvalue weighted by Crippen LogP contribution is -2.57. The molecular weight excluding hydrogens is 607 g/mol. The van der Waals surface area contributed by atoms with Gasteiger partial charge >= 0.3 is 0 Å². The van der Waals surface area contributed by atoms with Crippen LogP contribution in [0.3, 0.4) is 0 Å². The molecule has 1 saturated heterocycles. The molecule has 1 heterocycles. The Morgan fingerprint density at radius 2 is 1.33 bits per heavy atom. The summed E-state index contributed by atoms with van der Waals surface area (Å²) in [5.74, 6) is 0.515. The Morgan fingerprint density at radius 1 is 0.804 bits per heavy atom. The number of carbonyl (C=O) groups excluding carboxylic acids is 1. The Hall–Kier alpha value is -1.11. The van der Waals surface area contributed by atoms with Crippen molar-refractivity contribution < 1.29 is 14.3 Å². The quantitative estimate of drug-likeness (QED) is 0.164. The minimum absolute atomic E-state index is 0.00682. The average molecular weight is 674 g/mol. The molecule has 3 rings (SSSR count). The third-order valence-electron chi connectivity index (χ3n) is 10.4. The first-order valence-corrected chi connectivity index (χ1v) is 20.0. The van der Waals surface area contributed by atoms with Crippen LogP contribution in [0.5, 0.6) is 5.75 Å². The van der Waals surface area contributed by atoms with Crippen LogP contribution in [0.25, 0.3) is 0 Å². The Labute approximate surface area is 292 Å². The molecule has 2 aliphatic rings. The van der Waals surface area contributed by atoms with Gasteiger partial charge in [0.25, 0.3) is 5.91 Å². The predicted octanol–water partition coefficient (Wildman–Crippen LogP) is 11.8. The number of rotatable bonds is 8. The van der Waals surface area contributed by atoms with E-state index in [9.17, 15) is 4.79 Å². The number of carbonyl (C=O) groups is 1. The summed E-state index contributed by atoms with van der Waals surface area (Å²) in [6, 6.07) is 4.07. The van der Waals surface area contributed by atoms with Crippen LogP contribution in [0.15, 0.2) is 23.3 Å². The van der Waals surface area contributed by atoms with Gasteiger partial charge in [-0.2, -0.15) is 0 Å². The normalized spacial score (nSPS) is 23.3. The molecule has 1 N–H and O–H groups in total. The Bertz CT molecular complexity index is 1190. The zero-order chi connectivity index (χ0) is 34.3. The maximum absolute atomic E-state index is 13.9. The van der Waals surface area contributed by atoms with Crippen LogP contribution in [-0.4, -0.2) is 31.8 Å². The molecule has 46 heavy (non-hydrogen) atoms. The molecule has 6 heteroatoms. The zero-order valence-corrected chi connectivity index (χ0v) is 33.0. The van der Waals surface area contributed by atoms with Crippen molar-refractivity contribution in [3.05, 3.63) is 40.0 Å². The number of nitrogens with one attached hydrogen (secondary N) is 1. The van der Waals surface area contributed by atoms with Crippen LogP contribution >= 0.6 is 22.5 Å². The molecule has 1 fully saturated rings. The predicted molar refractivity (Wildman–Crippen MR) is 203 cm³/mol. The molecule has 2 unspecified atom stereocenters. The van der Waals surface area contributed by atoms with E-state index in [2.05, 4.69) is 86.2 Å². The number of methoxy groups -OCH3 is 1. The van der Waals surface area contributed by atoms with Crippen molar-refractivity contribution in [2.75, 3.05) is 13.7 Å². The van der Waals surface area contributed by atoms with Gasteiger partial charge in [-0.05, 0) is 85.5 Å². The molecule has 0 spiro atoms. The maximum Gasteiger partial charge on any atom is 0.255 e. The fraction of sp³-hybridized carbons (Fsp3) is 0.775. The van der Waals surface area contributed by atoms with Gasteiger partial charge in [0.05, 0.1) is 31.4 Å². The van der Waals surface area contributed by atoms with E-state index in [0.717, 1.165) is 17.5 Å². The lowest BCUT2D eigenvalue weighted by Gasteiger charge is -2.44. The second-order valence-corrected chi connectivity index (χ2v) is 19.0. The lowest BCUT2D eigenvalue weighted by molar-refractivity contribution is -0.0987. The van der Waals surface area contributed by atoms with Crippen molar-refractivity contribution in [2.24, 2.45) is 10.8 Å². The van der Waals surface area contributed by atoms with E-state index in [4.69, 9.17) is 9.47 Å². The van der Waals surface area contributed by atoms with Crippen molar-refractivity contribution in [1.29, 1.82) is 0 Å². The SMILES string of the molecule is COc1cc(C(C)(C)SS)c(C(C)(C)C)cc1C(=O)NC1COC1CC(C)(C)/C1=C(\C(C)(C)C)CCCCCCCCCCCC1. The van der Waals surface area contributed by atoms with Gasteiger partial charge in [0, 0.05) is 4.75 Å². The Kier molecular flexibility index (Phi) is 14.1. The second kappa shape index (κ2) is 16.5. The molecule has 0 saturated carbocycles. The fourth-order valence-electron chi connectivity index (χ4n) is 7.52. The molecule has 1 aliphatic heterocycles. The molecule has 262 valence electrons. The third-order valence-corrected chi connectivity index (χ3v) is 12.5. The highest BCUT2D eigenvalue weighted by Crippen LogP contribution is 2.47. The molecule has 0 radical (unpaired) electrons. The Balaban J connectivity index is 1.86. The third kappa shape index (κ3) is 10.4. The molecule has 1 aliphatic carbocycles. The molecule has 0 aromatic heterocycles. The van der Waals surface area contributed by atoms with E-state index in [-0.39, 0.29) is 39.0 Å². The van der Waals surface area contributed by atoms with E-state index in [1.807, 2.05) is 12.1 Å². The smallest absolute Gasteiger partial charge is 0.255 e. The van der Waals surface area contributed by atoms with E-state index in [0.29, 0.717) is 17.9 Å². The average Bonchev–Trinajstić information content (AvgIpc) is 2.97. The highest BCUT2D eigenvalue weighted by atomic mass is 33.1. The van der Waals surface area contributed by atoms with Gasteiger partial charge < -0.3 is 14.8 Å². The van der Waals surface area contributed by atoms with Gasteiger partial charge in [0.2, 0.25) is 0 Å². The van der Waals surface area contributed by atoms with Crippen LogP contribution in [0.1, 0.15) is 174 Å². The zero-order valence-electron chi connectivity index (χ0n) is 31.3. The summed E-state index contributed by atoms with van der Waals surface area (Å²) in [5, 5.41) is 3.36. The van der Waals surface area contributed by atoms with Gasteiger partial charge in [-0.15, -0.1) is 11.7 Å². The highest BCUT2D eigenvalue weighted by Gasteiger charge is 2.41. The summed E-state index contributed by atoms with van der Waals surface area (Å²) in [7, 11) is 3.16. The van der Waals surface area contributed by atoms with E-state index >= 15 is 0 Å². The standard InChI is InChI=1S/C40H67NO3S2/c1-37(2,3)29-22-20-18-16-14-12-13-15-17-19-21-23-30(29)39(7,8)26-35-33(27-44-35)41-36(42)28-24-31(38(4,5)6)32(25-34(28)43-11)40(9,10)46-45/h24-25,33,35,45H,12-23,26-27H2,1-11H3,(H,41,42)/b30-29-. The van der Waals surface area contributed by atoms with Crippen LogP contribution in [0.2, 0.25) is 0 Å². The number of benzene rings is 1. The van der Waals surface area contributed by atoms with E-state index < -0.39 is 0 Å². The van der Waals surface area contributed by atoms with Gasteiger partial charge in [-0.3, -0.25) is 4.79 Å². The minimum Gasteiger partial charge on any atom is -0.496 e. The monoisotopic (exact) mass is 673 g/mol. The van der Waals surface area contributed by atoms with Crippen LogP contribution in [-0.2, 0) is 14.9 Å². The molecule has 1 aromatic rings. The summed E-state index contributed by atoms with van der Waals surface area (Å²) in [4.78, 5) is 13.9. The number of amides is 1. The van der Waals surface area contributed by atoms with Crippen molar-refractivity contribution >= 4 is 28.4 Å². The van der Waals surface area contributed by atoms with Gasteiger partial charge in [-0.25, -0.2) is 0 Å². The number of allylic oxidation sites excluding steroid dienone is 2. The molecule has 4 nitrogen and oxygen atoms in total. The van der Waals surface area contributed by atoms with Gasteiger partial charge in [0.15, 0.2) is 0 Å². The largest absolute Gasteiger partial charge is 0.496 e. The van der Waals surface area contributed by atoms with Gasteiger partial charge in [-0.1, -0.05) is 129 Å². The molecular formula is C40H67NO3S2. The maximum atomic E-state index is 13.9. The number of hydrogen-bond acceptors (Lipinski definition) is 5. The second-order valence-electron chi connectivity index (χ2n) is 17.2. The Morgan fingerprint density at radius 3 is 1.76 bits per heavy atom. The summed E-state index contributed by atoms with van der Waals surface area (Å²) in [6.45, 7) is 23.5.